The number of anilines is 2. The lowest BCUT2D eigenvalue weighted by molar-refractivity contribution is -0.144. The van der Waals surface area contributed by atoms with Gasteiger partial charge in [0, 0.05) is 19.2 Å². The lowest BCUT2D eigenvalue weighted by atomic mass is 10.0. The van der Waals surface area contributed by atoms with E-state index >= 15 is 0 Å². The molecule has 4 nitrogen and oxygen atoms in total. The largest absolute Gasteiger partial charge is 0.451 e. The van der Waals surface area contributed by atoms with Crippen molar-refractivity contribution in [2.45, 2.75) is 25.9 Å². The molecule has 0 atom stereocenters. The molecule has 2 N–H and O–H groups in total. The number of thioether (sulfide) groups is 1. The summed E-state index contributed by atoms with van der Waals surface area (Å²) in [6, 6.07) is 1.52. The predicted molar refractivity (Wildman–Crippen MR) is 79.7 cm³/mol. The molecule has 0 aliphatic carbocycles. The van der Waals surface area contributed by atoms with E-state index in [0.29, 0.717) is 19.0 Å². The van der Waals surface area contributed by atoms with Crippen molar-refractivity contribution in [2.75, 3.05) is 35.2 Å². The third kappa shape index (κ3) is 4.94. The molecule has 1 aromatic rings. The molecule has 0 saturated carbocycles. The van der Waals surface area contributed by atoms with Gasteiger partial charge in [0.25, 0.3) is 0 Å². The fourth-order valence-corrected chi connectivity index (χ4v) is 3.34. The van der Waals surface area contributed by atoms with Crippen LogP contribution in [0.2, 0.25) is 0 Å². The zero-order chi connectivity index (χ0) is 15.3. The third-order valence-electron chi connectivity index (χ3n) is 3.25. The number of alkyl halides is 3. The Morgan fingerprint density at radius 1 is 1.19 bits per heavy atom. The van der Waals surface area contributed by atoms with Crippen LogP contribution in [0.25, 0.3) is 0 Å². The van der Waals surface area contributed by atoms with Crippen LogP contribution in [0.4, 0.5) is 24.8 Å². The summed E-state index contributed by atoms with van der Waals surface area (Å²) in [5, 5.41) is 5.83. The Labute approximate surface area is 126 Å². The lowest BCUT2D eigenvalue weighted by Crippen LogP contribution is -2.21. The highest BCUT2D eigenvalue weighted by Gasteiger charge is 2.35. The lowest BCUT2D eigenvalue weighted by Gasteiger charge is -2.22. The van der Waals surface area contributed by atoms with Gasteiger partial charge in [-0.2, -0.15) is 24.9 Å². The van der Waals surface area contributed by atoms with Crippen LogP contribution in [-0.4, -0.2) is 34.6 Å². The second-order valence-corrected chi connectivity index (χ2v) is 6.15. The van der Waals surface area contributed by atoms with E-state index < -0.39 is 12.0 Å². The topological polar surface area (TPSA) is 49.8 Å². The van der Waals surface area contributed by atoms with E-state index in [9.17, 15) is 13.2 Å². The first-order valence-corrected chi connectivity index (χ1v) is 8.16. The van der Waals surface area contributed by atoms with Crippen molar-refractivity contribution in [3.05, 3.63) is 11.9 Å². The van der Waals surface area contributed by atoms with Crippen molar-refractivity contribution < 1.29 is 13.2 Å². The maximum Gasteiger partial charge on any atom is 0.451 e. The summed E-state index contributed by atoms with van der Waals surface area (Å²) in [6.07, 6.45) is -2.35. The van der Waals surface area contributed by atoms with Gasteiger partial charge >= 0.3 is 6.18 Å². The molecule has 0 unspecified atom stereocenters. The number of nitrogens with zero attached hydrogens (tertiary/aromatic N) is 2. The van der Waals surface area contributed by atoms with E-state index in [2.05, 4.69) is 20.6 Å². The normalized spacial score (nSPS) is 16.8. The summed E-state index contributed by atoms with van der Waals surface area (Å²) in [7, 11) is 0. The highest BCUT2D eigenvalue weighted by atomic mass is 32.2. The smallest absolute Gasteiger partial charge is 0.370 e. The molecule has 2 rings (SSSR count). The van der Waals surface area contributed by atoms with Crippen LogP contribution in [0.3, 0.4) is 0 Å². The number of rotatable bonds is 5. The molecular weight excluding hydrogens is 301 g/mol. The molecule has 1 aliphatic rings. The van der Waals surface area contributed by atoms with Crippen LogP contribution in [-0.2, 0) is 6.18 Å². The molecular formula is C13H19F3N4S. The second-order valence-electron chi connectivity index (χ2n) is 4.93. The fraction of sp³-hybridized carbons (Fsp3) is 0.692. The van der Waals surface area contributed by atoms with E-state index in [1.165, 1.54) is 6.07 Å². The van der Waals surface area contributed by atoms with E-state index in [1.54, 1.807) is 0 Å². The fourth-order valence-electron chi connectivity index (χ4n) is 2.14. The van der Waals surface area contributed by atoms with E-state index in [0.717, 1.165) is 24.3 Å². The van der Waals surface area contributed by atoms with Gasteiger partial charge in [0.15, 0.2) is 0 Å². The van der Waals surface area contributed by atoms with Gasteiger partial charge in [0.2, 0.25) is 5.82 Å². The molecule has 2 heterocycles. The van der Waals surface area contributed by atoms with Crippen molar-refractivity contribution in [3.8, 4) is 0 Å². The van der Waals surface area contributed by atoms with Crippen molar-refractivity contribution in [1.82, 2.24) is 9.97 Å². The SMILES string of the molecule is CCNc1cc(NCC2CCSCC2)nc(C(F)(F)F)n1. The Bertz CT molecular complexity index is 461. The number of halogens is 3. The van der Waals surface area contributed by atoms with Crippen LogP contribution < -0.4 is 10.6 Å². The number of aromatic nitrogens is 2. The van der Waals surface area contributed by atoms with Crippen LogP contribution in [0.5, 0.6) is 0 Å². The third-order valence-corrected chi connectivity index (χ3v) is 4.30. The van der Waals surface area contributed by atoms with Gasteiger partial charge in [-0.3, -0.25) is 0 Å². The molecule has 1 aromatic heterocycles. The minimum Gasteiger partial charge on any atom is -0.370 e. The van der Waals surface area contributed by atoms with Gasteiger partial charge in [-0.25, -0.2) is 9.97 Å². The average molecular weight is 320 g/mol. The van der Waals surface area contributed by atoms with Crippen LogP contribution in [0.1, 0.15) is 25.6 Å². The number of hydrogen-bond acceptors (Lipinski definition) is 5. The zero-order valence-electron chi connectivity index (χ0n) is 11.8. The minimum atomic E-state index is -4.54. The monoisotopic (exact) mass is 320 g/mol. The minimum absolute atomic E-state index is 0.196. The van der Waals surface area contributed by atoms with Crippen LogP contribution in [0, 0.1) is 5.92 Å². The van der Waals surface area contributed by atoms with E-state index in [1.807, 2.05) is 18.7 Å². The quantitative estimate of drug-likeness (QED) is 0.870. The standard InChI is InChI=1S/C13H19F3N4S/c1-2-17-10-7-11(20-12(19-10)13(14,15)16)18-8-9-3-5-21-6-4-9/h7,9H,2-6,8H2,1H3,(H2,17,18,19,20). The molecule has 21 heavy (non-hydrogen) atoms. The molecule has 8 heteroatoms. The molecule has 0 radical (unpaired) electrons. The van der Waals surface area contributed by atoms with Crippen molar-refractivity contribution in [3.63, 3.8) is 0 Å². The Kier molecular flexibility index (Phi) is 5.55. The maximum atomic E-state index is 12.8. The zero-order valence-corrected chi connectivity index (χ0v) is 12.7. The molecule has 1 aliphatic heterocycles. The van der Waals surface area contributed by atoms with Crippen LogP contribution >= 0.6 is 11.8 Å². The first-order chi connectivity index (χ1) is 9.99. The highest BCUT2D eigenvalue weighted by molar-refractivity contribution is 7.99. The van der Waals surface area contributed by atoms with Gasteiger partial charge in [-0.1, -0.05) is 0 Å². The summed E-state index contributed by atoms with van der Waals surface area (Å²) in [5.74, 6) is 2.05. The molecule has 0 spiro atoms. The first-order valence-electron chi connectivity index (χ1n) is 7.01. The summed E-state index contributed by atoms with van der Waals surface area (Å²) in [5.41, 5.74) is 0. The maximum absolute atomic E-state index is 12.8. The Morgan fingerprint density at radius 2 is 1.81 bits per heavy atom. The van der Waals surface area contributed by atoms with Gasteiger partial charge in [0.05, 0.1) is 0 Å². The summed E-state index contributed by atoms with van der Waals surface area (Å²) < 4.78 is 38.4. The van der Waals surface area contributed by atoms with Gasteiger partial charge in [0.1, 0.15) is 11.6 Å². The molecule has 0 amide bonds. The average Bonchev–Trinajstić information content (AvgIpc) is 2.45. The van der Waals surface area contributed by atoms with Crippen LogP contribution in [0.15, 0.2) is 6.07 Å². The van der Waals surface area contributed by atoms with E-state index in [4.69, 9.17) is 0 Å². The Balaban J connectivity index is 2.07. The Hall–Kier alpha value is -1.18. The van der Waals surface area contributed by atoms with Gasteiger partial charge in [-0.05, 0) is 37.2 Å². The predicted octanol–water partition coefficient (Wildman–Crippen LogP) is 3.48. The molecule has 1 saturated heterocycles. The molecule has 1 fully saturated rings. The summed E-state index contributed by atoms with van der Waals surface area (Å²) in [4.78, 5) is 7.08. The van der Waals surface area contributed by atoms with Gasteiger partial charge in [-0.15, -0.1) is 0 Å². The molecule has 0 aromatic carbocycles. The van der Waals surface area contributed by atoms with Gasteiger partial charge < -0.3 is 10.6 Å². The van der Waals surface area contributed by atoms with Crippen molar-refractivity contribution in [2.24, 2.45) is 5.92 Å². The molecule has 0 bridgehead atoms. The van der Waals surface area contributed by atoms with E-state index in [-0.39, 0.29) is 11.6 Å². The first kappa shape index (κ1) is 16.2. The number of nitrogens with one attached hydrogen (secondary N) is 2. The van der Waals surface area contributed by atoms with Crippen molar-refractivity contribution in [1.29, 1.82) is 0 Å². The molecule has 118 valence electrons. The summed E-state index contributed by atoms with van der Waals surface area (Å²) >= 11 is 1.92. The summed E-state index contributed by atoms with van der Waals surface area (Å²) in [6.45, 7) is 2.97. The second kappa shape index (κ2) is 7.20. The highest BCUT2D eigenvalue weighted by Crippen LogP contribution is 2.29. The van der Waals surface area contributed by atoms with Crippen molar-refractivity contribution >= 4 is 23.4 Å². The number of hydrogen-bond donors (Lipinski definition) is 2. The Morgan fingerprint density at radius 3 is 2.38 bits per heavy atom.